The van der Waals surface area contributed by atoms with E-state index in [9.17, 15) is 31.1 Å². The quantitative estimate of drug-likeness (QED) is 0.474. The van der Waals surface area contributed by atoms with Crippen LogP contribution in [-0.2, 0) is 37.9 Å². The van der Waals surface area contributed by atoms with Gasteiger partial charge in [-0.2, -0.15) is 8.42 Å². The monoisotopic (exact) mass is 582 g/mol. The Balaban J connectivity index is 1.53. The van der Waals surface area contributed by atoms with Crippen LogP contribution in [0.3, 0.4) is 0 Å². The molecule has 3 aliphatic rings. The number of amidine groups is 1. The predicted molar refractivity (Wildman–Crippen MR) is 141 cm³/mol. The number of benzene rings is 1. The number of sulfonamides is 2. The fourth-order valence-electron chi connectivity index (χ4n) is 5.25. The van der Waals surface area contributed by atoms with Crippen molar-refractivity contribution in [3.8, 4) is 0 Å². The topological polar surface area (TPSA) is 145 Å². The number of aliphatic hydroxyl groups is 1. The van der Waals surface area contributed by atoms with E-state index in [1.54, 1.807) is 17.0 Å². The lowest BCUT2D eigenvalue weighted by Crippen LogP contribution is -2.51. The number of hydrogen-bond donors (Lipinski definition) is 3. The number of anilines is 1. The van der Waals surface area contributed by atoms with Crippen molar-refractivity contribution in [1.29, 1.82) is 0 Å². The summed E-state index contributed by atoms with van der Waals surface area (Å²) in [5, 5.41) is 15.9. The summed E-state index contributed by atoms with van der Waals surface area (Å²) in [5.41, 5.74) is 0.729. The maximum absolute atomic E-state index is 13.9. The molecule has 38 heavy (non-hydrogen) atoms. The van der Waals surface area contributed by atoms with Crippen molar-refractivity contribution in [3.05, 3.63) is 57.9 Å². The average Bonchev–Trinajstić information content (AvgIpc) is 3.10. The van der Waals surface area contributed by atoms with Gasteiger partial charge in [-0.1, -0.05) is 31.4 Å². The minimum absolute atomic E-state index is 0.166. The molecule has 1 saturated carbocycles. The van der Waals surface area contributed by atoms with E-state index in [0.29, 0.717) is 18.4 Å². The van der Waals surface area contributed by atoms with E-state index in [2.05, 4.69) is 14.4 Å². The molecule has 2 aliphatic heterocycles. The molecule has 1 fully saturated rings. The molecule has 0 spiro atoms. The second-order valence-corrected chi connectivity index (χ2v) is 13.9. The van der Waals surface area contributed by atoms with Crippen LogP contribution >= 0.6 is 11.3 Å². The predicted octanol–water partition coefficient (Wildman–Crippen LogP) is 3.25. The largest absolute Gasteiger partial charge is 0.511 e. The number of halogens is 1. The molecule has 14 heteroatoms. The van der Waals surface area contributed by atoms with Gasteiger partial charge in [0, 0.05) is 30.6 Å². The van der Waals surface area contributed by atoms with Crippen LogP contribution in [0.1, 0.15) is 43.2 Å². The second kappa shape index (κ2) is 10.1. The molecule has 5 rings (SSSR count). The molecule has 3 heterocycles. The Morgan fingerprint density at radius 3 is 2.63 bits per heavy atom. The Hall–Kier alpha value is -2.81. The van der Waals surface area contributed by atoms with Gasteiger partial charge in [-0.25, -0.2) is 17.5 Å². The van der Waals surface area contributed by atoms with Crippen molar-refractivity contribution in [1.82, 2.24) is 9.62 Å². The third-order valence-corrected chi connectivity index (χ3v) is 10.2. The number of nitrogens with zero attached hydrogens (tertiary/aromatic N) is 2. The van der Waals surface area contributed by atoms with Crippen LogP contribution in [0.5, 0.6) is 0 Å². The summed E-state index contributed by atoms with van der Waals surface area (Å²) in [6, 6.07) is 5.53. The molecule has 1 aromatic carbocycles. The number of aliphatic hydroxyl groups excluding tert-OH is 1. The summed E-state index contributed by atoms with van der Waals surface area (Å²) in [6.45, 7) is -0.0683. The molecular formula is C24H27FN4O6S3. The van der Waals surface area contributed by atoms with Gasteiger partial charge < -0.3 is 15.3 Å². The molecule has 0 radical (unpaired) electrons. The average molecular weight is 583 g/mol. The van der Waals surface area contributed by atoms with Gasteiger partial charge in [0.2, 0.25) is 10.0 Å². The molecule has 1 amide bonds. The minimum Gasteiger partial charge on any atom is -0.511 e. The molecule has 1 aliphatic carbocycles. The minimum atomic E-state index is -4.32. The summed E-state index contributed by atoms with van der Waals surface area (Å²) in [4.78, 5) is 15.3. The highest BCUT2D eigenvalue weighted by Crippen LogP contribution is 2.42. The maximum Gasteiger partial charge on any atom is 0.287 e. The molecule has 2 aromatic rings. The van der Waals surface area contributed by atoms with Crippen molar-refractivity contribution in [2.75, 3.05) is 11.6 Å². The normalized spacial score (nSPS) is 23.3. The third kappa shape index (κ3) is 5.22. The molecule has 204 valence electrons. The van der Waals surface area contributed by atoms with E-state index < -0.39 is 37.7 Å². The fraction of sp³-hybridized carbons (Fsp3) is 0.417. The zero-order chi connectivity index (χ0) is 27.2. The van der Waals surface area contributed by atoms with Gasteiger partial charge in [-0.05, 0) is 35.9 Å². The van der Waals surface area contributed by atoms with Gasteiger partial charge in [0.15, 0.2) is 5.84 Å². The van der Waals surface area contributed by atoms with Gasteiger partial charge in [0.1, 0.15) is 27.0 Å². The Labute approximate surface area is 224 Å². The summed E-state index contributed by atoms with van der Waals surface area (Å²) in [5.74, 6) is -1.80. The number of amides is 1. The highest BCUT2D eigenvalue weighted by molar-refractivity contribution is 7.91. The van der Waals surface area contributed by atoms with Crippen molar-refractivity contribution in [2.45, 2.75) is 56.1 Å². The number of fused-ring (bicyclic) bond motifs is 2. The number of thiophene rings is 1. The molecule has 1 aromatic heterocycles. The molecule has 10 nitrogen and oxygen atoms in total. The van der Waals surface area contributed by atoms with Crippen molar-refractivity contribution >= 4 is 48.1 Å². The van der Waals surface area contributed by atoms with E-state index >= 15 is 0 Å². The van der Waals surface area contributed by atoms with Crippen LogP contribution in [0, 0.1) is 11.7 Å². The number of carbonyl (C=O) groups excluding carboxylic acids is 1. The van der Waals surface area contributed by atoms with Crippen LogP contribution in [0.2, 0.25) is 0 Å². The van der Waals surface area contributed by atoms with E-state index in [1.807, 2.05) is 0 Å². The maximum atomic E-state index is 13.9. The van der Waals surface area contributed by atoms with E-state index in [-0.39, 0.29) is 51.8 Å². The highest BCUT2D eigenvalue weighted by atomic mass is 32.2. The Morgan fingerprint density at radius 2 is 1.92 bits per heavy atom. The standard InChI is InChI=1S/C24H27FN4O6S3/c1-37(32,33)26-11-15-13-36-23-21(15)38(34,35)28-22(27-23)19-20(30)17-5-3-2-4-6-18(17)29(24(19)31)12-14-7-9-16(25)10-8-14/h7-10,13,17-18,26,30H,2-6,11-12H2,1H3,(H,27,28). The zero-order valence-corrected chi connectivity index (χ0v) is 22.9. The first-order valence-electron chi connectivity index (χ1n) is 12.1. The Morgan fingerprint density at radius 1 is 1.21 bits per heavy atom. The van der Waals surface area contributed by atoms with Gasteiger partial charge in [0.05, 0.1) is 6.26 Å². The SMILES string of the molecule is CS(=O)(=O)NCc1csc2c1S(=O)(=O)N=C(C1=C(O)C3CCCCCC3N(Cc3ccc(F)cc3)C1=O)N2. The van der Waals surface area contributed by atoms with Crippen LogP contribution in [0.25, 0.3) is 0 Å². The van der Waals surface area contributed by atoms with Gasteiger partial charge in [-0.15, -0.1) is 15.7 Å². The lowest BCUT2D eigenvalue weighted by atomic mass is 9.84. The molecule has 3 N–H and O–H groups in total. The highest BCUT2D eigenvalue weighted by Gasteiger charge is 2.45. The summed E-state index contributed by atoms with van der Waals surface area (Å²) < 4.78 is 69.1. The van der Waals surface area contributed by atoms with E-state index in [4.69, 9.17) is 0 Å². The number of hydrogen-bond acceptors (Lipinski definition) is 8. The van der Waals surface area contributed by atoms with Crippen LogP contribution < -0.4 is 10.0 Å². The zero-order valence-electron chi connectivity index (χ0n) is 20.5. The number of carbonyl (C=O) groups is 1. The molecule has 2 atom stereocenters. The smallest absolute Gasteiger partial charge is 0.287 e. The molecule has 2 unspecified atom stereocenters. The van der Waals surface area contributed by atoms with E-state index in [0.717, 1.165) is 36.9 Å². The van der Waals surface area contributed by atoms with Crippen LogP contribution in [0.4, 0.5) is 9.39 Å². The number of nitrogens with one attached hydrogen (secondary N) is 2. The van der Waals surface area contributed by atoms with Crippen LogP contribution in [-0.4, -0.2) is 50.9 Å². The van der Waals surface area contributed by atoms with Gasteiger partial charge in [-0.3, -0.25) is 4.79 Å². The van der Waals surface area contributed by atoms with Crippen LogP contribution in [0.15, 0.2) is 50.3 Å². The van der Waals surface area contributed by atoms with Gasteiger partial charge in [0.25, 0.3) is 15.9 Å². The first-order valence-corrected chi connectivity index (χ1v) is 16.3. The third-order valence-electron chi connectivity index (χ3n) is 7.01. The lowest BCUT2D eigenvalue weighted by molar-refractivity contribution is -0.132. The first-order chi connectivity index (χ1) is 17.9. The second-order valence-electron chi connectivity index (χ2n) is 9.68. The molecule has 0 saturated heterocycles. The van der Waals surface area contributed by atoms with Crippen molar-refractivity contribution in [2.24, 2.45) is 10.3 Å². The van der Waals surface area contributed by atoms with Crippen molar-refractivity contribution < 1.29 is 31.1 Å². The fourth-order valence-corrected chi connectivity index (χ4v) is 8.28. The summed E-state index contributed by atoms with van der Waals surface area (Å²) in [6.07, 6.45) is 4.95. The molecule has 0 bridgehead atoms. The Kier molecular flexibility index (Phi) is 7.09. The van der Waals surface area contributed by atoms with Gasteiger partial charge >= 0.3 is 0 Å². The summed E-state index contributed by atoms with van der Waals surface area (Å²) in [7, 11) is -7.88. The van der Waals surface area contributed by atoms with Crippen molar-refractivity contribution in [3.63, 3.8) is 0 Å². The number of rotatable bonds is 6. The lowest BCUT2D eigenvalue weighted by Gasteiger charge is -2.41. The first kappa shape index (κ1) is 26.8. The molecular weight excluding hydrogens is 555 g/mol. The van der Waals surface area contributed by atoms with E-state index in [1.165, 1.54) is 17.5 Å². The Bertz CT molecular complexity index is 1550. The summed E-state index contributed by atoms with van der Waals surface area (Å²) >= 11 is 1.04.